The van der Waals surface area contributed by atoms with Crippen molar-refractivity contribution in [1.82, 2.24) is 0 Å². The van der Waals surface area contributed by atoms with Crippen LogP contribution in [0.1, 0.15) is 33.3 Å². The molecule has 0 radical (unpaired) electrons. The molecule has 10 heteroatoms. The Morgan fingerprint density at radius 2 is 1.29 bits per heavy atom. The Labute approximate surface area is 179 Å². The molecule has 0 unspecified atom stereocenters. The number of rotatable bonds is 7. The molecule has 31 heavy (non-hydrogen) atoms. The maximum Gasteiger partial charge on any atom is 0.303 e. The van der Waals surface area contributed by atoms with Gasteiger partial charge in [-0.25, -0.2) is 0 Å². The Morgan fingerprint density at radius 1 is 0.774 bits per heavy atom. The van der Waals surface area contributed by atoms with Crippen LogP contribution in [0.2, 0.25) is 0 Å². The van der Waals surface area contributed by atoms with E-state index in [0.717, 1.165) is 19.4 Å². The van der Waals surface area contributed by atoms with Crippen LogP contribution in [-0.2, 0) is 42.9 Å². The highest BCUT2D eigenvalue weighted by Crippen LogP contribution is 2.31. The van der Waals surface area contributed by atoms with Crippen molar-refractivity contribution in [2.24, 2.45) is 0 Å². The molecule has 0 N–H and O–H groups in total. The molecule has 1 saturated heterocycles. The summed E-state index contributed by atoms with van der Waals surface area (Å²) in [6, 6.07) is 6.98. The van der Waals surface area contributed by atoms with Gasteiger partial charge >= 0.3 is 23.9 Å². The highest BCUT2D eigenvalue weighted by Gasteiger charge is 2.53. The first-order valence-corrected chi connectivity index (χ1v) is 9.60. The predicted octanol–water partition coefficient (Wildman–Crippen LogP) is 1.46. The smallest absolute Gasteiger partial charge is 0.303 e. The molecule has 1 fully saturated rings. The summed E-state index contributed by atoms with van der Waals surface area (Å²) in [5.41, 5.74) is 0.994. The van der Waals surface area contributed by atoms with Crippen LogP contribution in [-0.4, -0.2) is 61.2 Å². The third-order valence-electron chi connectivity index (χ3n) is 4.22. The molecule has 0 aromatic heterocycles. The third kappa shape index (κ3) is 7.25. The van der Waals surface area contributed by atoms with Gasteiger partial charge < -0.3 is 28.4 Å². The van der Waals surface area contributed by atoms with Crippen LogP contribution < -0.4 is 4.74 Å². The minimum Gasteiger partial charge on any atom is -0.463 e. The molecular weight excluding hydrogens is 412 g/mol. The van der Waals surface area contributed by atoms with Crippen LogP contribution in [0, 0.1) is 6.92 Å². The van der Waals surface area contributed by atoms with Gasteiger partial charge in [0.1, 0.15) is 18.5 Å². The Hall–Kier alpha value is -3.14. The SMILES string of the molecule is CC(=O)OC[C@@H]1O[C@H](Oc2ccc(C)cc2)[C@H](OC(C)=O)[C@H](OC(C)=O)[C@@H]1OC(C)=O. The second-order valence-electron chi connectivity index (χ2n) is 7.00. The van der Waals surface area contributed by atoms with Gasteiger partial charge in [0.05, 0.1) is 0 Å². The minimum atomic E-state index is -1.27. The van der Waals surface area contributed by atoms with E-state index in [4.69, 9.17) is 28.4 Å². The van der Waals surface area contributed by atoms with Crippen molar-refractivity contribution in [3.8, 4) is 5.75 Å². The summed E-state index contributed by atoms with van der Waals surface area (Å²) in [5.74, 6) is -2.29. The van der Waals surface area contributed by atoms with Crippen LogP contribution in [0.5, 0.6) is 5.75 Å². The van der Waals surface area contributed by atoms with E-state index >= 15 is 0 Å². The van der Waals surface area contributed by atoms with Gasteiger partial charge in [0.25, 0.3) is 0 Å². The third-order valence-corrected chi connectivity index (χ3v) is 4.22. The monoisotopic (exact) mass is 438 g/mol. The fraction of sp³-hybridized carbons (Fsp3) is 0.524. The van der Waals surface area contributed by atoms with Crippen molar-refractivity contribution in [1.29, 1.82) is 0 Å². The van der Waals surface area contributed by atoms with Gasteiger partial charge in [-0.05, 0) is 19.1 Å². The first-order chi connectivity index (χ1) is 14.6. The molecule has 1 heterocycles. The molecule has 0 aliphatic carbocycles. The zero-order valence-corrected chi connectivity index (χ0v) is 18.0. The fourth-order valence-electron chi connectivity index (χ4n) is 3.03. The lowest BCUT2D eigenvalue weighted by atomic mass is 9.98. The molecule has 0 bridgehead atoms. The van der Waals surface area contributed by atoms with Crippen LogP contribution in [0.4, 0.5) is 0 Å². The van der Waals surface area contributed by atoms with Gasteiger partial charge in [-0.3, -0.25) is 19.2 Å². The summed E-state index contributed by atoms with van der Waals surface area (Å²) < 4.78 is 32.7. The van der Waals surface area contributed by atoms with Gasteiger partial charge in [0.2, 0.25) is 12.4 Å². The van der Waals surface area contributed by atoms with Crippen LogP contribution >= 0.6 is 0 Å². The molecule has 0 amide bonds. The summed E-state index contributed by atoms with van der Waals surface area (Å²) in [6.45, 7) is 6.27. The highest BCUT2D eigenvalue weighted by molar-refractivity contribution is 5.68. The molecule has 1 aliphatic heterocycles. The zero-order valence-electron chi connectivity index (χ0n) is 18.0. The number of ether oxygens (including phenoxy) is 6. The average molecular weight is 438 g/mol. The second-order valence-corrected chi connectivity index (χ2v) is 7.00. The number of carbonyl (C=O) groups excluding carboxylic acids is 4. The van der Waals surface area contributed by atoms with Gasteiger partial charge in [-0.15, -0.1) is 0 Å². The summed E-state index contributed by atoms with van der Waals surface area (Å²) in [7, 11) is 0. The number of benzene rings is 1. The van der Waals surface area contributed by atoms with E-state index in [0.29, 0.717) is 5.75 Å². The van der Waals surface area contributed by atoms with E-state index in [1.165, 1.54) is 13.8 Å². The van der Waals surface area contributed by atoms with Crippen molar-refractivity contribution >= 4 is 23.9 Å². The van der Waals surface area contributed by atoms with E-state index in [1.807, 2.05) is 6.92 Å². The number of esters is 4. The summed E-state index contributed by atoms with van der Waals surface area (Å²) in [6.07, 6.45) is -6.05. The molecule has 1 aliphatic rings. The number of aryl methyl sites for hydroxylation is 1. The van der Waals surface area contributed by atoms with Crippen molar-refractivity contribution in [2.45, 2.75) is 65.3 Å². The summed E-state index contributed by atoms with van der Waals surface area (Å²) in [5, 5.41) is 0. The van der Waals surface area contributed by atoms with E-state index in [-0.39, 0.29) is 6.61 Å². The van der Waals surface area contributed by atoms with E-state index in [9.17, 15) is 19.2 Å². The normalized spacial score (nSPS) is 25.1. The number of hydrogen-bond donors (Lipinski definition) is 0. The van der Waals surface area contributed by atoms with Gasteiger partial charge in [0, 0.05) is 27.7 Å². The molecule has 1 aromatic carbocycles. The molecule has 170 valence electrons. The lowest BCUT2D eigenvalue weighted by Gasteiger charge is -2.43. The lowest BCUT2D eigenvalue weighted by molar-refractivity contribution is -0.288. The first-order valence-electron chi connectivity index (χ1n) is 9.60. The Kier molecular flexibility index (Phi) is 8.38. The Bertz CT molecular complexity index is 803. The van der Waals surface area contributed by atoms with Crippen molar-refractivity contribution < 1.29 is 47.6 Å². The average Bonchev–Trinajstić information content (AvgIpc) is 2.65. The summed E-state index contributed by atoms with van der Waals surface area (Å²) >= 11 is 0. The quantitative estimate of drug-likeness (QED) is 0.456. The highest BCUT2D eigenvalue weighted by atomic mass is 16.7. The molecule has 10 nitrogen and oxygen atoms in total. The standard InChI is InChI=1S/C21H26O10/c1-11-6-8-16(9-7-11)30-21-20(29-15(5)25)19(28-14(4)24)18(27-13(3)23)17(31-21)10-26-12(2)22/h6-9,17-21H,10H2,1-5H3/t17-,18+,19+,20+,21-/m0/s1. The van der Waals surface area contributed by atoms with Crippen LogP contribution in [0.3, 0.4) is 0 Å². The van der Waals surface area contributed by atoms with Gasteiger partial charge in [-0.1, -0.05) is 17.7 Å². The molecule has 5 atom stereocenters. The van der Waals surface area contributed by atoms with Crippen molar-refractivity contribution in [2.75, 3.05) is 6.61 Å². The molecule has 0 saturated carbocycles. The van der Waals surface area contributed by atoms with E-state index in [1.54, 1.807) is 24.3 Å². The van der Waals surface area contributed by atoms with Crippen molar-refractivity contribution in [3.05, 3.63) is 29.8 Å². The number of hydrogen-bond acceptors (Lipinski definition) is 10. The first kappa shape index (κ1) is 24.1. The van der Waals surface area contributed by atoms with E-state index < -0.39 is 54.6 Å². The zero-order chi connectivity index (χ0) is 23.1. The Morgan fingerprint density at radius 3 is 1.81 bits per heavy atom. The minimum absolute atomic E-state index is 0.314. The lowest BCUT2D eigenvalue weighted by Crippen LogP contribution is -2.63. The van der Waals surface area contributed by atoms with Gasteiger partial charge in [0.15, 0.2) is 12.2 Å². The van der Waals surface area contributed by atoms with Gasteiger partial charge in [-0.2, -0.15) is 0 Å². The van der Waals surface area contributed by atoms with Crippen LogP contribution in [0.15, 0.2) is 24.3 Å². The molecule has 0 spiro atoms. The second kappa shape index (κ2) is 10.8. The van der Waals surface area contributed by atoms with Crippen LogP contribution in [0.25, 0.3) is 0 Å². The predicted molar refractivity (Wildman–Crippen MR) is 104 cm³/mol. The Balaban J connectivity index is 2.43. The van der Waals surface area contributed by atoms with E-state index in [2.05, 4.69) is 0 Å². The summed E-state index contributed by atoms with van der Waals surface area (Å²) in [4.78, 5) is 46.6. The largest absolute Gasteiger partial charge is 0.463 e. The molecule has 2 rings (SSSR count). The number of carbonyl (C=O) groups is 4. The molecule has 1 aromatic rings. The molecular formula is C21H26O10. The maximum atomic E-state index is 11.8. The maximum absolute atomic E-state index is 11.8. The fourth-order valence-corrected chi connectivity index (χ4v) is 3.03. The van der Waals surface area contributed by atoms with Crippen molar-refractivity contribution in [3.63, 3.8) is 0 Å². The topological polar surface area (TPSA) is 124 Å².